The van der Waals surface area contributed by atoms with Crippen LogP contribution in [0.5, 0.6) is 0 Å². The number of hydrogen-bond acceptors (Lipinski definition) is 2. The molecular weight excluding hydrogens is 139 g/mol. The first-order valence-electron chi connectivity index (χ1n) is 3.90. The zero-order valence-electron chi connectivity index (χ0n) is 7.55. The molecule has 0 bridgehead atoms. The van der Waals surface area contributed by atoms with Crippen molar-refractivity contribution in [3.8, 4) is 0 Å². The number of rotatable bonds is 5. The summed E-state index contributed by atoms with van der Waals surface area (Å²) in [6.07, 6.45) is 1.65. The van der Waals surface area contributed by atoms with Gasteiger partial charge in [0, 0.05) is 6.04 Å². The molecule has 0 saturated heterocycles. The second kappa shape index (κ2) is 4.39. The molecule has 0 saturated carbocycles. The maximum Gasteiger partial charge on any atom is 0.241 e. The van der Waals surface area contributed by atoms with Gasteiger partial charge in [0.25, 0.3) is 0 Å². The molecule has 4 heteroatoms. The van der Waals surface area contributed by atoms with Crippen LogP contribution >= 0.6 is 0 Å². The Bertz CT molecular complexity index is 126. The minimum Gasteiger partial charge on any atom is -0.404 e. The Morgan fingerprint density at radius 3 is 2.64 bits per heavy atom. The molecule has 0 aromatic carbocycles. The van der Waals surface area contributed by atoms with E-state index in [0.29, 0.717) is 7.41 Å². The molecule has 0 aliphatic rings. The summed E-state index contributed by atoms with van der Waals surface area (Å²) in [5, 5.41) is 2.76. The van der Waals surface area contributed by atoms with E-state index in [4.69, 9.17) is 5.73 Å². The molecule has 11 heavy (non-hydrogen) atoms. The molecule has 1 atom stereocenters. The molecule has 64 valence electrons. The third-order valence-corrected chi connectivity index (χ3v) is 1.54. The fourth-order valence-electron chi connectivity index (χ4n) is 1.26. The van der Waals surface area contributed by atoms with Gasteiger partial charge < -0.3 is 11.0 Å². The molecule has 1 unspecified atom stereocenters. The van der Waals surface area contributed by atoms with E-state index in [1.54, 1.807) is 0 Å². The van der Waals surface area contributed by atoms with Crippen LogP contribution in [0.15, 0.2) is 0 Å². The summed E-state index contributed by atoms with van der Waals surface area (Å²) in [7, 11) is 0.692. The minimum atomic E-state index is 0.106. The van der Waals surface area contributed by atoms with Gasteiger partial charge in [-0.2, -0.15) is 0 Å². The lowest BCUT2D eigenvalue weighted by molar-refractivity contribution is -0.108. The van der Waals surface area contributed by atoms with Crippen LogP contribution in [0.3, 0.4) is 0 Å². The van der Waals surface area contributed by atoms with Crippen LogP contribution < -0.4 is 11.0 Å². The summed E-state index contributed by atoms with van der Waals surface area (Å²) in [5.41, 5.74) is 5.63. The predicted molar refractivity (Wildman–Crippen MR) is 48.7 cm³/mol. The highest BCUT2D eigenvalue weighted by atomic mass is 16.1. The van der Waals surface area contributed by atoms with Crippen molar-refractivity contribution in [2.75, 3.05) is 0 Å². The van der Waals surface area contributed by atoms with Gasteiger partial charge in [0.2, 0.25) is 7.41 Å². The Balaban J connectivity index is 3.69. The fourth-order valence-corrected chi connectivity index (χ4v) is 1.26. The van der Waals surface area contributed by atoms with Gasteiger partial charge in [-0.25, -0.2) is 0 Å². The molecular formula is C7H17BN2O. The van der Waals surface area contributed by atoms with Gasteiger partial charge in [-0.1, -0.05) is 13.8 Å². The monoisotopic (exact) mass is 156 g/mol. The van der Waals surface area contributed by atoms with Gasteiger partial charge in [0.15, 0.2) is 6.41 Å². The van der Waals surface area contributed by atoms with Crippen molar-refractivity contribution < 1.29 is 4.79 Å². The summed E-state index contributed by atoms with van der Waals surface area (Å²) in [6.45, 7) is 6.16. The van der Waals surface area contributed by atoms with E-state index in [9.17, 15) is 4.79 Å². The van der Waals surface area contributed by atoms with Crippen LogP contribution in [-0.4, -0.2) is 19.9 Å². The van der Waals surface area contributed by atoms with E-state index >= 15 is 0 Å². The van der Waals surface area contributed by atoms with Crippen molar-refractivity contribution >= 4 is 13.8 Å². The van der Waals surface area contributed by atoms with Crippen LogP contribution in [0.2, 0.25) is 5.31 Å². The number of nitrogens with two attached hydrogens (primary N) is 1. The first kappa shape index (κ1) is 10.5. The third kappa shape index (κ3) is 5.92. The summed E-state index contributed by atoms with van der Waals surface area (Å²) < 4.78 is 0. The standard InChI is InChI=1S/C7H17BN2O/c1-6(9)4-7(2,3)8-10-5-11/h5-6,8H,4,9H2,1-3H3,(H,10,11). The molecule has 0 radical (unpaired) electrons. The summed E-state index contributed by atoms with van der Waals surface area (Å²) in [4.78, 5) is 9.99. The predicted octanol–water partition coefficient (Wildman–Crippen LogP) is 0.0197. The SMILES string of the molecule is CC(N)CC(C)(C)BNC=O. The highest BCUT2D eigenvalue weighted by molar-refractivity contribution is 6.39. The van der Waals surface area contributed by atoms with E-state index in [-0.39, 0.29) is 11.4 Å². The average Bonchev–Trinajstić information content (AvgIpc) is 1.81. The van der Waals surface area contributed by atoms with Gasteiger partial charge >= 0.3 is 0 Å². The van der Waals surface area contributed by atoms with Crippen molar-refractivity contribution in [3.05, 3.63) is 0 Å². The molecule has 3 nitrogen and oxygen atoms in total. The molecule has 0 rings (SSSR count). The van der Waals surface area contributed by atoms with Gasteiger partial charge in [0.05, 0.1) is 0 Å². The summed E-state index contributed by atoms with van der Waals surface area (Å²) in [5.74, 6) is 0. The third-order valence-electron chi connectivity index (χ3n) is 1.54. The maximum absolute atomic E-state index is 9.99. The van der Waals surface area contributed by atoms with Crippen molar-refractivity contribution in [2.24, 2.45) is 5.73 Å². The van der Waals surface area contributed by atoms with Crippen molar-refractivity contribution in [1.29, 1.82) is 0 Å². The van der Waals surface area contributed by atoms with Crippen LogP contribution in [0.1, 0.15) is 27.2 Å². The molecule has 0 fully saturated rings. The molecule has 0 heterocycles. The van der Waals surface area contributed by atoms with E-state index in [2.05, 4.69) is 19.1 Å². The Labute approximate surface area is 69.0 Å². The van der Waals surface area contributed by atoms with E-state index in [1.807, 2.05) is 6.92 Å². The fraction of sp³-hybridized carbons (Fsp3) is 0.857. The highest BCUT2D eigenvalue weighted by Crippen LogP contribution is 2.26. The molecule has 0 aromatic heterocycles. The van der Waals surface area contributed by atoms with Crippen LogP contribution in [0, 0.1) is 0 Å². The molecule has 1 amide bonds. The normalized spacial score (nSPS) is 13.8. The van der Waals surface area contributed by atoms with Gasteiger partial charge in [-0.3, -0.25) is 4.79 Å². The Kier molecular flexibility index (Phi) is 4.19. The summed E-state index contributed by atoms with van der Waals surface area (Å²) >= 11 is 0. The van der Waals surface area contributed by atoms with Crippen molar-refractivity contribution in [3.63, 3.8) is 0 Å². The van der Waals surface area contributed by atoms with Gasteiger partial charge in [-0.15, -0.1) is 0 Å². The average molecular weight is 156 g/mol. The van der Waals surface area contributed by atoms with Gasteiger partial charge in [0.1, 0.15) is 0 Å². The first-order chi connectivity index (χ1) is 4.98. The summed E-state index contributed by atoms with van der Waals surface area (Å²) in [6, 6.07) is 0.193. The number of amides is 1. The zero-order chi connectivity index (χ0) is 8.91. The molecule has 3 N–H and O–H groups in total. The van der Waals surface area contributed by atoms with Crippen LogP contribution in [0.4, 0.5) is 0 Å². The number of nitrogens with one attached hydrogen (secondary N) is 1. The van der Waals surface area contributed by atoms with Crippen LogP contribution in [0.25, 0.3) is 0 Å². The first-order valence-corrected chi connectivity index (χ1v) is 3.90. The Morgan fingerprint density at radius 1 is 1.73 bits per heavy atom. The minimum absolute atomic E-state index is 0.106. The molecule has 0 aliphatic carbocycles. The highest BCUT2D eigenvalue weighted by Gasteiger charge is 2.20. The van der Waals surface area contributed by atoms with E-state index in [0.717, 1.165) is 12.8 Å². The van der Waals surface area contributed by atoms with E-state index < -0.39 is 0 Å². The van der Waals surface area contributed by atoms with Gasteiger partial charge in [-0.05, 0) is 18.7 Å². The lowest BCUT2D eigenvalue weighted by Gasteiger charge is -2.24. The second-order valence-corrected chi connectivity index (χ2v) is 3.84. The number of hydrogen-bond donors (Lipinski definition) is 2. The van der Waals surface area contributed by atoms with E-state index in [1.165, 1.54) is 0 Å². The number of carbonyl (C=O) groups excluding carboxylic acids is 1. The topological polar surface area (TPSA) is 55.1 Å². The molecule has 0 aliphatic heterocycles. The maximum atomic E-state index is 9.99. The van der Waals surface area contributed by atoms with Crippen LogP contribution in [-0.2, 0) is 4.79 Å². The van der Waals surface area contributed by atoms with Crippen molar-refractivity contribution in [1.82, 2.24) is 5.23 Å². The lowest BCUT2D eigenvalue weighted by Crippen LogP contribution is -2.32. The second-order valence-electron chi connectivity index (χ2n) is 3.84. The van der Waals surface area contributed by atoms with Crippen molar-refractivity contribution in [2.45, 2.75) is 38.5 Å². The zero-order valence-corrected chi connectivity index (χ0v) is 7.55. The Hall–Kier alpha value is -0.505. The smallest absolute Gasteiger partial charge is 0.241 e. The Morgan fingerprint density at radius 2 is 2.27 bits per heavy atom. The molecule has 0 spiro atoms. The number of carbonyl (C=O) groups is 1. The quantitative estimate of drug-likeness (QED) is 0.435. The largest absolute Gasteiger partial charge is 0.404 e. The molecule has 0 aromatic rings. The lowest BCUT2D eigenvalue weighted by atomic mass is 9.60.